The highest BCUT2D eigenvalue weighted by Gasteiger charge is 2.33. The number of rotatable bonds is 4. The first kappa shape index (κ1) is 12.0. The average Bonchev–Trinajstić information content (AvgIpc) is 2.26. The maximum absolute atomic E-state index is 10.7. The van der Waals surface area contributed by atoms with Crippen LogP contribution >= 0.6 is 11.8 Å². The molecular formula is C10H13N3O3S. The van der Waals surface area contributed by atoms with E-state index in [0.29, 0.717) is 24.1 Å². The minimum atomic E-state index is -0.757. The van der Waals surface area contributed by atoms with Gasteiger partial charge in [0, 0.05) is 19.2 Å². The second-order valence-electron chi connectivity index (χ2n) is 3.70. The van der Waals surface area contributed by atoms with E-state index in [1.54, 1.807) is 13.2 Å². The summed E-state index contributed by atoms with van der Waals surface area (Å²) in [7, 11) is 1.55. The Labute approximate surface area is 103 Å². The van der Waals surface area contributed by atoms with Crippen LogP contribution in [-0.4, -0.2) is 47.5 Å². The van der Waals surface area contributed by atoms with Crippen LogP contribution in [0.25, 0.3) is 0 Å². The topological polar surface area (TPSA) is 75.5 Å². The lowest BCUT2D eigenvalue weighted by molar-refractivity contribution is -0.142. The van der Waals surface area contributed by atoms with Crippen molar-refractivity contribution in [1.29, 1.82) is 0 Å². The largest absolute Gasteiger partial charge is 0.481 e. The number of hydrogen-bond acceptors (Lipinski definition) is 6. The highest BCUT2D eigenvalue weighted by molar-refractivity contribution is 7.98. The van der Waals surface area contributed by atoms with E-state index >= 15 is 0 Å². The molecule has 1 aromatic heterocycles. The molecule has 0 radical (unpaired) electrons. The predicted molar refractivity (Wildman–Crippen MR) is 63.7 cm³/mol. The molecule has 1 aliphatic rings. The number of methoxy groups -OCH3 is 1. The molecule has 0 atom stereocenters. The number of thioether (sulfide) groups is 1. The molecule has 2 rings (SSSR count). The zero-order chi connectivity index (χ0) is 12.4. The fourth-order valence-corrected chi connectivity index (χ4v) is 1.94. The molecule has 7 heteroatoms. The minimum Gasteiger partial charge on any atom is -0.481 e. The predicted octanol–water partition coefficient (Wildman–Crippen LogP) is 0.728. The number of aliphatic carboxylic acids is 1. The molecule has 1 N–H and O–H groups in total. The van der Waals surface area contributed by atoms with E-state index in [9.17, 15) is 4.79 Å². The molecule has 0 saturated carbocycles. The smallest absolute Gasteiger partial charge is 0.310 e. The van der Waals surface area contributed by atoms with Crippen LogP contribution in [0.4, 0.5) is 5.82 Å². The summed E-state index contributed by atoms with van der Waals surface area (Å²) in [5.41, 5.74) is 0. The van der Waals surface area contributed by atoms with Crippen molar-refractivity contribution in [2.75, 3.05) is 31.4 Å². The molecule has 6 nitrogen and oxygen atoms in total. The van der Waals surface area contributed by atoms with Crippen LogP contribution in [0.1, 0.15) is 0 Å². The van der Waals surface area contributed by atoms with Gasteiger partial charge in [0.15, 0.2) is 5.16 Å². The molecule has 0 amide bonds. The van der Waals surface area contributed by atoms with E-state index in [1.165, 1.54) is 11.8 Å². The van der Waals surface area contributed by atoms with Gasteiger partial charge >= 0.3 is 5.97 Å². The van der Waals surface area contributed by atoms with Gasteiger partial charge < -0.3 is 14.7 Å². The molecule has 0 spiro atoms. The maximum Gasteiger partial charge on any atom is 0.310 e. The maximum atomic E-state index is 10.7. The van der Waals surface area contributed by atoms with Gasteiger partial charge in [0.2, 0.25) is 5.88 Å². The summed E-state index contributed by atoms with van der Waals surface area (Å²) >= 11 is 1.43. The first-order chi connectivity index (χ1) is 8.13. The number of aromatic nitrogens is 2. The quantitative estimate of drug-likeness (QED) is 0.627. The van der Waals surface area contributed by atoms with Gasteiger partial charge in [-0.25, -0.2) is 4.98 Å². The monoisotopic (exact) mass is 255 g/mol. The van der Waals surface area contributed by atoms with Crippen LogP contribution in [0.3, 0.4) is 0 Å². The van der Waals surface area contributed by atoms with Crippen LogP contribution in [0.5, 0.6) is 5.88 Å². The molecule has 0 aliphatic carbocycles. The zero-order valence-electron chi connectivity index (χ0n) is 9.58. The van der Waals surface area contributed by atoms with Crippen molar-refractivity contribution < 1.29 is 14.6 Å². The Kier molecular flexibility index (Phi) is 3.37. The SMILES string of the molecule is COc1cc(N2CC(C(=O)O)C2)nc(SC)n1. The van der Waals surface area contributed by atoms with Crippen molar-refractivity contribution in [2.45, 2.75) is 5.16 Å². The number of carbonyl (C=O) groups is 1. The Morgan fingerprint density at radius 1 is 1.59 bits per heavy atom. The summed E-state index contributed by atoms with van der Waals surface area (Å²) in [6, 6.07) is 1.72. The van der Waals surface area contributed by atoms with Crippen molar-refractivity contribution in [3.05, 3.63) is 6.07 Å². The van der Waals surface area contributed by atoms with Gasteiger partial charge in [-0.15, -0.1) is 0 Å². The fraction of sp³-hybridized carbons (Fsp3) is 0.500. The normalized spacial score (nSPS) is 15.5. The Hall–Kier alpha value is -1.50. The molecule has 0 unspecified atom stereocenters. The Balaban J connectivity index is 2.14. The van der Waals surface area contributed by atoms with Gasteiger partial charge in [-0.05, 0) is 6.26 Å². The minimum absolute atomic E-state index is 0.298. The Morgan fingerprint density at radius 3 is 2.82 bits per heavy atom. The molecule has 92 valence electrons. The average molecular weight is 255 g/mol. The first-order valence-electron chi connectivity index (χ1n) is 5.09. The van der Waals surface area contributed by atoms with Crippen molar-refractivity contribution in [3.63, 3.8) is 0 Å². The van der Waals surface area contributed by atoms with Gasteiger partial charge in [0.1, 0.15) is 5.82 Å². The highest BCUT2D eigenvalue weighted by Crippen LogP contribution is 2.27. The van der Waals surface area contributed by atoms with Gasteiger partial charge in [0.25, 0.3) is 0 Å². The summed E-state index contributed by atoms with van der Waals surface area (Å²) in [4.78, 5) is 21.1. The van der Waals surface area contributed by atoms with Crippen molar-refractivity contribution in [2.24, 2.45) is 5.92 Å². The van der Waals surface area contributed by atoms with Crippen LogP contribution in [0.15, 0.2) is 11.2 Å². The van der Waals surface area contributed by atoms with Crippen LogP contribution in [0.2, 0.25) is 0 Å². The molecule has 1 fully saturated rings. The lowest BCUT2D eigenvalue weighted by atomic mass is 10.0. The van der Waals surface area contributed by atoms with E-state index in [2.05, 4.69) is 9.97 Å². The van der Waals surface area contributed by atoms with Gasteiger partial charge in [-0.2, -0.15) is 4.98 Å². The van der Waals surface area contributed by atoms with Crippen LogP contribution in [-0.2, 0) is 4.79 Å². The van der Waals surface area contributed by atoms with E-state index in [1.807, 2.05) is 11.2 Å². The number of carboxylic acid groups (broad SMARTS) is 1. The highest BCUT2D eigenvalue weighted by atomic mass is 32.2. The van der Waals surface area contributed by atoms with Crippen molar-refractivity contribution in [3.8, 4) is 5.88 Å². The summed E-state index contributed by atoms with van der Waals surface area (Å²) < 4.78 is 5.08. The van der Waals surface area contributed by atoms with Gasteiger partial charge in [-0.3, -0.25) is 4.79 Å². The Morgan fingerprint density at radius 2 is 2.29 bits per heavy atom. The summed E-state index contributed by atoms with van der Waals surface area (Å²) in [5.74, 6) is 0.165. The molecule has 0 bridgehead atoms. The fourth-order valence-electron chi connectivity index (χ4n) is 1.57. The van der Waals surface area contributed by atoms with Gasteiger partial charge in [-0.1, -0.05) is 11.8 Å². The molecular weight excluding hydrogens is 242 g/mol. The summed E-state index contributed by atoms with van der Waals surface area (Å²) in [6.07, 6.45) is 1.88. The van der Waals surface area contributed by atoms with E-state index in [-0.39, 0.29) is 5.92 Å². The number of nitrogens with zero attached hydrogens (tertiary/aromatic N) is 3. The summed E-state index contributed by atoms with van der Waals surface area (Å²) in [6.45, 7) is 0.979. The number of carboxylic acids is 1. The van der Waals surface area contributed by atoms with Crippen molar-refractivity contribution in [1.82, 2.24) is 9.97 Å². The number of ether oxygens (including phenoxy) is 1. The third-order valence-electron chi connectivity index (χ3n) is 2.62. The third kappa shape index (κ3) is 2.44. The van der Waals surface area contributed by atoms with Crippen LogP contribution in [0, 0.1) is 5.92 Å². The molecule has 2 heterocycles. The van der Waals surface area contributed by atoms with E-state index in [0.717, 1.165) is 5.82 Å². The third-order valence-corrected chi connectivity index (χ3v) is 3.16. The second-order valence-corrected chi connectivity index (χ2v) is 4.47. The van der Waals surface area contributed by atoms with Crippen LogP contribution < -0.4 is 9.64 Å². The number of anilines is 1. The molecule has 17 heavy (non-hydrogen) atoms. The lowest BCUT2D eigenvalue weighted by Gasteiger charge is -2.37. The van der Waals surface area contributed by atoms with E-state index in [4.69, 9.17) is 9.84 Å². The Bertz CT molecular complexity index is 413. The number of hydrogen-bond donors (Lipinski definition) is 1. The summed E-state index contributed by atoms with van der Waals surface area (Å²) in [5, 5.41) is 9.43. The molecule has 1 aliphatic heterocycles. The van der Waals surface area contributed by atoms with Crippen molar-refractivity contribution >= 4 is 23.5 Å². The first-order valence-corrected chi connectivity index (χ1v) is 6.31. The van der Waals surface area contributed by atoms with Gasteiger partial charge in [0.05, 0.1) is 13.0 Å². The zero-order valence-corrected chi connectivity index (χ0v) is 10.4. The lowest BCUT2D eigenvalue weighted by Crippen LogP contribution is -2.50. The molecule has 1 saturated heterocycles. The molecule has 1 aromatic rings. The second kappa shape index (κ2) is 4.79. The molecule has 0 aromatic carbocycles. The van der Waals surface area contributed by atoms with E-state index < -0.39 is 5.97 Å². The standard InChI is InChI=1S/C10H13N3O3S/c1-16-8-3-7(11-10(12-8)17-2)13-4-6(5-13)9(14)15/h3,6H,4-5H2,1-2H3,(H,14,15).